The predicted molar refractivity (Wildman–Crippen MR) is 125 cm³/mol. The molecule has 0 aliphatic carbocycles. The molecule has 1 atom stereocenters. The van der Waals surface area contributed by atoms with E-state index in [0.29, 0.717) is 18.9 Å². The smallest absolute Gasteiger partial charge is 0.244 e. The number of para-hydroxylation sites is 1. The Morgan fingerprint density at radius 3 is 2.77 bits per heavy atom. The van der Waals surface area contributed by atoms with Gasteiger partial charge in [-0.2, -0.15) is 5.26 Å². The van der Waals surface area contributed by atoms with Gasteiger partial charge in [0.2, 0.25) is 11.9 Å². The van der Waals surface area contributed by atoms with Crippen molar-refractivity contribution in [3.8, 4) is 6.19 Å². The molecule has 31 heavy (non-hydrogen) atoms. The number of rotatable bonds is 6. The zero-order chi connectivity index (χ0) is 22.2. The summed E-state index contributed by atoms with van der Waals surface area (Å²) in [6.45, 7) is 4.57. The molecule has 1 unspecified atom stereocenters. The summed E-state index contributed by atoms with van der Waals surface area (Å²) in [7, 11) is 0. The second-order valence-electron chi connectivity index (χ2n) is 7.71. The van der Waals surface area contributed by atoms with Crippen LogP contribution in [-0.2, 0) is 17.8 Å². The molecule has 0 bridgehead atoms. The van der Waals surface area contributed by atoms with Crippen LogP contribution in [0.4, 0.5) is 11.4 Å². The van der Waals surface area contributed by atoms with Crippen LogP contribution in [0.15, 0.2) is 53.5 Å². The highest BCUT2D eigenvalue weighted by Gasteiger charge is 2.27. The Balaban J connectivity index is 1.84. The highest BCUT2D eigenvalue weighted by Crippen LogP contribution is 2.28. The lowest BCUT2D eigenvalue weighted by Gasteiger charge is -2.25. The van der Waals surface area contributed by atoms with Gasteiger partial charge in [0, 0.05) is 11.4 Å². The molecule has 1 heterocycles. The lowest BCUT2D eigenvalue weighted by Crippen LogP contribution is -2.42. The molecule has 4 N–H and O–H groups in total. The van der Waals surface area contributed by atoms with Crippen molar-refractivity contribution >= 4 is 23.2 Å². The molecule has 162 valence electrons. The number of guanidine groups is 1. The zero-order valence-corrected chi connectivity index (χ0v) is 18.1. The summed E-state index contributed by atoms with van der Waals surface area (Å²) in [5, 5.41) is 14.9. The molecule has 2 aromatic rings. The van der Waals surface area contributed by atoms with Crippen molar-refractivity contribution in [2.45, 2.75) is 58.2 Å². The third kappa shape index (κ3) is 5.62. The van der Waals surface area contributed by atoms with E-state index >= 15 is 0 Å². The number of amides is 1. The summed E-state index contributed by atoms with van der Waals surface area (Å²) in [6, 6.07) is 15.4. The Bertz CT molecular complexity index is 976. The number of carbonyl (C=O) groups is 1. The van der Waals surface area contributed by atoms with Gasteiger partial charge in [-0.1, -0.05) is 44.2 Å². The van der Waals surface area contributed by atoms with Crippen LogP contribution in [0.1, 0.15) is 44.2 Å². The number of fused-ring (bicyclic) bond motifs is 1. The number of aliphatic imine (C=N–C) groups is 1. The molecule has 1 amide bonds. The summed E-state index contributed by atoms with van der Waals surface area (Å²) < 4.78 is 0. The van der Waals surface area contributed by atoms with Crippen LogP contribution in [0.3, 0.4) is 0 Å². The molecule has 0 radical (unpaired) electrons. The van der Waals surface area contributed by atoms with E-state index in [-0.39, 0.29) is 11.9 Å². The van der Waals surface area contributed by atoms with Crippen molar-refractivity contribution in [3.05, 3.63) is 59.7 Å². The molecule has 2 aromatic carbocycles. The molecule has 1 aliphatic rings. The first kappa shape index (κ1) is 22.3. The molecule has 1 aliphatic heterocycles. The Kier molecular flexibility index (Phi) is 7.63. The molecule has 3 rings (SSSR count). The second kappa shape index (κ2) is 10.6. The fourth-order valence-electron chi connectivity index (χ4n) is 3.77. The van der Waals surface area contributed by atoms with E-state index in [9.17, 15) is 4.79 Å². The fourth-order valence-corrected chi connectivity index (χ4v) is 3.77. The van der Waals surface area contributed by atoms with Crippen LogP contribution in [0, 0.1) is 11.5 Å². The maximum Gasteiger partial charge on any atom is 0.244 e. The van der Waals surface area contributed by atoms with Crippen molar-refractivity contribution in [2.75, 3.05) is 10.2 Å². The predicted octanol–water partition coefficient (Wildman–Crippen LogP) is 3.52. The standard InChI is InChI=1S/C24H30N6O/c1-3-19(4-2)28-24(27-16-25)29-20-10-7-8-17(14-20)15-30-22-11-6-5-9-18(22)12-13-21(26)23(30)31/h5-11,14,19,21H,3-4,12-13,15,26H2,1-2H3,(H2,27,28,29). The number of aryl methyl sites for hydroxylation is 1. The molecular formula is C24H30N6O. The summed E-state index contributed by atoms with van der Waals surface area (Å²) in [5.41, 5.74) is 9.95. The molecule has 0 fully saturated rings. The molecule has 7 heteroatoms. The summed E-state index contributed by atoms with van der Waals surface area (Å²) in [4.78, 5) is 19.3. The molecule has 0 saturated carbocycles. The number of nitriles is 1. The monoisotopic (exact) mass is 418 g/mol. The minimum absolute atomic E-state index is 0.0644. The largest absolute Gasteiger partial charge is 0.326 e. The number of hydrogen-bond donors (Lipinski definition) is 3. The molecule has 0 spiro atoms. The minimum Gasteiger partial charge on any atom is -0.326 e. The van der Waals surface area contributed by atoms with Crippen LogP contribution >= 0.6 is 0 Å². The van der Waals surface area contributed by atoms with Gasteiger partial charge in [0.15, 0.2) is 6.19 Å². The number of hydrogen-bond acceptors (Lipinski definition) is 4. The van der Waals surface area contributed by atoms with Crippen LogP contribution in [0.5, 0.6) is 0 Å². The van der Waals surface area contributed by atoms with Gasteiger partial charge in [0.25, 0.3) is 0 Å². The van der Waals surface area contributed by atoms with E-state index in [2.05, 4.69) is 35.5 Å². The van der Waals surface area contributed by atoms with Gasteiger partial charge >= 0.3 is 0 Å². The number of carbonyl (C=O) groups excluding carboxylic acids is 1. The third-order valence-corrected chi connectivity index (χ3v) is 5.55. The summed E-state index contributed by atoms with van der Waals surface area (Å²) in [6.07, 6.45) is 5.16. The maximum atomic E-state index is 13.0. The van der Waals surface area contributed by atoms with E-state index in [4.69, 9.17) is 11.0 Å². The Morgan fingerprint density at radius 2 is 2.03 bits per heavy atom. The zero-order valence-electron chi connectivity index (χ0n) is 18.1. The SMILES string of the molecule is CCC(CC)N=C(NC#N)Nc1cccc(CN2C(=O)C(N)CCc3ccccc32)c1. The second-order valence-corrected chi connectivity index (χ2v) is 7.71. The van der Waals surface area contributed by atoms with Crippen LogP contribution in [0.2, 0.25) is 0 Å². The number of anilines is 2. The van der Waals surface area contributed by atoms with Crippen molar-refractivity contribution < 1.29 is 4.79 Å². The molecular weight excluding hydrogens is 388 g/mol. The van der Waals surface area contributed by atoms with E-state index in [1.165, 1.54) is 0 Å². The van der Waals surface area contributed by atoms with Crippen LogP contribution in [0.25, 0.3) is 0 Å². The van der Waals surface area contributed by atoms with Gasteiger partial charge in [-0.3, -0.25) is 10.1 Å². The van der Waals surface area contributed by atoms with E-state index in [1.807, 2.05) is 48.7 Å². The van der Waals surface area contributed by atoms with E-state index in [0.717, 1.165) is 41.8 Å². The highest BCUT2D eigenvalue weighted by molar-refractivity contribution is 5.98. The quantitative estimate of drug-likeness (QED) is 0.288. The molecule has 0 saturated heterocycles. The number of benzene rings is 2. The topological polar surface area (TPSA) is 107 Å². The van der Waals surface area contributed by atoms with E-state index in [1.54, 1.807) is 4.90 Å². The lowest BCUT2D eigenvalue weighted by molar-refractivity contribution is -0.120. The van der Waals surface area contributed by atoms with Gasteiger partial charge < -0.3 is 16.0 Å². The first-order valence-corrected chi connectivity index (χ1v) is 10.8. The molecule has 0 aromatic heterocycles. The summed E-state index contributed by atoms with van der Waals surface area (Å²) >= 11 is 0. The minimum atomic E-state index is -0.507. The summed E-state index contributed by atoms with van der Waals surface area (Å²) in [5.74, 6) is 0.358. The van der Waals surface area contributed by atoms with Gasteiger partial charge in [-0.15, -0.1) is 0 Å². The van der Waals surface area contributed by atoms with Gasteiger partial charge in [-0.25, -0.2) is 4.99 Å². The number of nitrogens with one attached hydrogen (secondary N) is 2. The van der Waals surface area contributed by atoms with Crippen molar-refractivity contribution in [2.24, 2.45) is 10.7 Å². The van der Waals surface area contributed by atoms with E-state index < -0.39 is 6.04 Å². The number of nitrogens with zero attached hydrogens (tertiary/aromatic N) is 3. The Hall–Kier alpha value is -3.37. The van der Waals surface area contributed by atoms with Gasteiger partial charge in [0.1, 0.15) is 0 Å². The lowest BCUT2D eigenvalue weighted by atomic mass is 10.1. The Morgan fingerprint density at radius 1 is 1.26 bits per heavy atom. The van der Waals surface area contributed by atoms with Crippen molar-refractivity contribution in [1.82, 2.24) is 5.32 Å². The van der Waals surface area contributed by atoms with Gasteiger partial charge in [-0.05, 0) is 55.0 Å². The third-order valence-electron chi connectivity index (χ3n) is 5.55. The first-order valence-electron chi connectivity index (χ1n) is 10.8. The normalized spacial score (nSPS) is 16.5. The van der Waals surface area contributed by atoms with Crippen molar-refractivity contribution in [3.63, 3.8) is 0 Å². The fraction of sp³-hybridized carbons (Fsp3) is 0.375. The Labute approximate surface area is 184 Å². The molecule has 7 nitrogen and oxygen atoms in total. The average Bonchev–Trinajstić information content (AvgIpc) is 2.90. The van der Waals surface area contributed by atoms with Gasteiger partial charge in [0.05, 0.1) is 18.6 Å². The first-order chi connectivity index (χ1) is 15.0. The maximum absolute atomic E-state index is 13.0. The van der Waals surface area contributed by atoms with Crippen LogP contribution in [-0.4, -0.2) is 24.0 Å². The average molecular weight is 419 g/mol. The van der Waals surface area contributed by atoms with Crippen molar-refractivity contribution in [1.29, 1.82) is 5.26 Å². The highest BCUT2D eigenvalue weighted by atomic mass is 16.2. The number of nitrogens with two attached hydrogens (primary N) is 1. The van der Waals surface area contributed by atoms with Crippen LogP contribution < -0.4 is 21.3 Å².